The largest absolute Gasteiger partial charge is 0.440 e. The zero-order chi connectivity index (χ0) is 14.5. The third kappa shape index (κ3) is 3.24. The minimum absolute atomic E-state index is 0.211. The van der Waals surface area contributed by atoms with E-state index in [0.717, 1.165) is 18.5 Å². The van der Waals surface area contributed by atoms with E-state index in [2.05, 4.69) is 20.7 Å². The van der Waals surface area contributed by atoms with Gasteiger partial charge in [-0.05, 0) is 26.9 Å². The normalized spacial score (nSPS) is 10.8. The minimum Gasteiger partial charge on any atom is -0.440 e. The van der Waals surface area contributed by atoms with Gasteiger partial charge in [0.25, 0.3) is 5.91 Å². The molecule has 0 unspecified atom stereocenters. The first-order chi connectivity index (χ1) is 9.61. The van der Waals surface area contributed by atoms with Crippen molar-refractivity contribution in [2.75, 3.05) is 20.1 Å². The van der Waals surface area contributed by atoms with E-state index in [4.69, 9.17) is 4.42 Å². The second kappa shape index (κ2) is 6.33. The Kier molecular flexibility index (Phi) is 4.52. The fourth-order valence-electron chi connectivity index (χ4n) is 1.81. The van der Waals surface area contributed by atoms with Crippen LogP contribution >= 0.6 is 0 Å². The molecule has 7 heteroatoms. The van der Waals surface area contributed by atoms with Gasteiger partial charge in [0.15, 0.2) is 5.69 Å². The number of amides is 1. The molecule has 0 radical (unpaired) electrons. The van der Waals surface area contributed by atoms with Crippen molar-refractivity contribution in [1.29, 1.82) is 0 Å². The third-order valence-corrected chi connectivity index (χ3v) is 2.85. The highest BCUT2D eigenvalue weighted by Gasteiger charge is 2.18. The predicted octanol–water partition coefficient (Wildman–Crippen LogP) is 0.723. The molecule has 2 aromatic heterocycles. The zero-order valence-corrected chi connectivity index (χ0v) is 11.9. The highest BCUT2D eigenvalue weighted by Crippen LogP contribution is 2.20. The van der Waals surface area contributed by atoms with Crippen LogP contribution in [0.15, 0.2) is 16.8 Å². The third-order valence-electron chi connectivity index (χ3n) is 2.85. The molecule has 0 aliphatic heterocycles. The quantitative estimate of drug-likeness (QED) is 0.760. The van der Waals surface area contributed by atoms with Crippen molar-refractivity contribution in [2.24, 2.45) is 7.05 Å². The number of nitrogens with zero attached hydrogens (tertiary/aromatic N) is 3. The first-order valence-corrected chi connectivity index (χ1v) is 6.51. The lowest BCUT2D eigenvalue weighted by molar-refractivity contribution is 0.0947. The number of hydrogen-bond donors (Lipinski definition) is 2. The van der Waals surface area contributed by atoms with Gasteiger partial charge < -0.3 is 15.1 Å². The van der Waals surface area contributed by atoms with E-state index in [1.807, 2.05) is 14.1 Å². The molecule has 0 spiro atoms. The SMILES string of the molecule is CNCCCNC(=O)c1nc(-c2cnn(C)c2)oc1C. The Morgan fingerprint density at radius 1 is 1.45 bits per heavy atom. The van der Waals surface area contributed by atoms with Crippen molar-refractivity contribution in [2.45, 2.75) is 13.3 Å². The number of carbonyl (C=O) groups is 1. The van der Waals surface area contributed by atoms with Gasteiger partial charge in [-0.2, -0.15) is 5.10 Å². The summed E-state index contributed by atoms with van der Waals surface area (Å²) in [5, 5.41) is 9.90. The highest BCUT2D eigenvalue weighted by molar-refractivity contribution is 5.93. The lowest BCUT2D eigenvalue weighted by Crippen LogP contribution is -2.27. The lowest BCUT2D eigenvalue weighted by Gasteiger charge is -2.02. The summed E-state index contributed by atoms with van der Waals surface area (Å²) in [5.41, 5.74) is 1.08. The maximum Gasteiger partial charge on any atom is 0.273 e. The van der Waals surface area contributed by atoms with Crippen molar-refractivity contribution in [1.82, 2.24) is 25.4 Å². The van der Waals surface area contributed by atoms with Crippen LogP contribution in [0.5, 0.6) is 0 Å². The van der Waals surface area contributed by atoms with Gasteiger partial charge in [0.2, 0.25) is 5.89 Å². The van der Waals surface area contributed by atoms with E-state index in [1.165, 1.54) is 0 Å². The number of carbonyl (C=O) groups excluding carboxylic acids is 1. The number of aromatic nitrogens is 3. The maximum atomic E-state index is 12.0. The summed E-state index contributed by atoms with van der Waals surface area (Å²) in [6.45, 7) is 3.20. The molecular weight excluding hydrogens is 258 g/mol. The minimum atomic E-state index is -0.211. The van der Waals surface area contributed by atoms with Gasteiger partial charge in [-0.3, -0.25) is 9.48 Å². The van der Waals surface area contributed by atoms with Crippen LogP contribution in [0.3, 0.4) is 0 Å². The Hall–Kier alpha value is -2.15. The standard InChI is InChI=1S/C13H19N5O2/c1-9-11(12(19)15-6-4-5-14-2)17-13(20-9)10-7-16-18(3)8-10/h7-8,14H,4-6H2,1-3H3,(H,15,19). The van der Waals surface area contributed by atoms with Gasteiger partial charge >= 0.3 is 0 Å². The van der Waals surface area contributed by atoms with Crippen molar-refractivity contribution >= 4 is 5.91 Å². The van der Waals surface area contributed by atoms with Crippen LogP contribution in [-0.4, -0.2) is 40.8 Å². The van der Waals surface area contributed by atoms with Gasteiger partial charge in [-0.1, -0.05) is 0 Å². The van der Waals surface area contributed by atoms with E-state index in [-0.39, 0.29) is 5.91 Å². The van der Waals surface area contributed by atoms with Gasteiger partial charge in [0, 0.05) is 19.8 Å². The van der Waals surface area contributed by atoms with Crippen LogP contribution in [0.25, 0.3) is 11.5 Å². The molecular formula is C13H19N5O2. The highest BCUT2D eigenvalue weighted by atomic mass is 16.4. The second-order valence-corrected chi connectivity index (χ2v) is 4.54. The van der Waals surface area contributed by atoms with E-state index in [0.29, 0.717) is 23.9 Å². The van der Waals surface area contributed by atoms with Crippen LogP contribution in [-0.2, 0) is 7.05 Å². The average Bonchev–Trinajstić information content (AvgIpc) is 3.00. The molecule has 108 valence electrons. The molecule has 2 aromatic rings. The molecule has 7 nitrogen and oxygen atoms in total. The van der Waals surface area contributed by atoms with Crippen molar-refractivity contribution in [3.63, 3.8) is 0 Å². The fraction of sp³-hybridized carbons (Fsp3) is 0.462. The summed E-state index contributed by atoms with van der Waals surface area (Å²) in [6, 6.07) is 0. The molecule has 20 heavy (non-hydrogen) atoms. The van der Waals surface area contributed by atoms with E-state index < -0.39 is 0 Å². The molecule has 0 bridgehead atoms. The van der Waals surface area contributed by atoms with Crippen LogP contribution in [0.2, 0.25) is 0 Å². The number of hydrogen-bond acceptors (Lipinski definition) is 5. The Bertz CT molecular complexity index is 587. The van der Waals surface area contributed by atoms with Crippen LogP contribution < -0.4 is 10.6 Å². The smallest absolute Gasteiger partial charge is 0.273 e. The summed E-state index contributed by atoms with van der Waals surface area (Å²) in [6.07, 6.45) is 4.31. The molecule has 0 aromatic carbocycles. The molecule has 1 amide bonds. The number of rotatable bonds is 6. The molecule has 2 rings (SSSR count). The van der Waals surface area contributed by atoms with Crippen molar-refractivity contribution in [3.8, 4) is 11.5 Å². The lowest BCUT2D eigenvalue weighted by atomic mass is 10.3. The molecule has 0 aliphatic carbocycles. The zero-order valence-electron chi connectivity index (χ0n) is 11.9. The summed E-state index contributed by atoms with van der Waals surface area (Å²) in [4.78, 5) is 16.2. The Morgan fingerprint density at radius 2 is 2.25 bits per heavy atom. The molecule has 0 aliphatic rings. The molecule has 0 saturated heterocycles. The van der Waals surface area contributed by atoms with Gasteiger partial charge in [0.05, 0.1) is 11.8 Å². The second-order valence-electron chi connectivity index (χ2n) is 4.54. The molecule has 0 saturated carbocycles. The van der Waals surface area contributed by atoms with Crippen molar-refractivity contribution < 1.29 is 9.21 Å². The molecule has 2 N–H and O–H groups in total. The Morgan fingerprint density at radius 3 is 2.90 bits per heavy atom. The Labute approximate surface area is 117 Å². The van der Waals surface area contributed by atoms with Crippen LogP contribution in [0, 0.1) is 6.92 Å². The van der Waals surface area contributed by atoms with E-state index >= 15 is 0 Å². The van der Waals surface area contributed by atoms with Gasteiger partial charge in [0.1, 0.15) is 5.76 Å². The first-order valence-electron chi connectivity index (χ1n) is 6.51. The van der Waals surface area contributed by atoms with Crippen molar-refractivity contribution in [3.05, 3.63) is 23.8 Å². The van der Waals surface area contributed by atoms with Gasteiger partial charge in [-0.15, -0.1) is 0 Å². The molecule has 2 heterocycles. The predicted molar refractivity (Wildman–Crippen MR) is 74.3 cm³/mol. The van der Waals surface area contributed by atoms with E-state index in [9.17, 15) is 4.79 Å². The number of aryl methyl sites for hydroxylation is 2. The van der Waals surface area contributed by atoms with Gasteiger partial charge in [-0.25, -0.2) is 4.98 Å². The molecule has 0 fully saturated rings. The Balaban J connectivity index is 2.05. The molecule has 0 atom stereocenters. The monoisotopic (exact) mass is 277 g/mol. The van der Waals surface area contributed by atoms with Crippen LogP contribution in [0.1, 0.15) is 22.7 Å². The summed E-state index contributed by atoms with van der Waals surface area (Å²) < 4.78 is 7.18. The number of nitrogens with one attached hydrogen (secondary N) is 2. The summed E-state index contributed by atoms with van der Waals surface area (Å²) in [5.74, 6) is 0.712. The average molecular weight is 277 g/mol. The van der Waals surface area contributed by atoms with E-state index in [1.54, 1.807) is 24.0 Å². The summed E-state index contributed by atoms with van der Waals surface area (Å²) >= 11 is 0. The first kappa shape index (κ1) is 14.3. The van der Waals surface area contributed by atoms with Crippen LogP contribution in [0.4, 0.5) is 0 Å². The summed E-state index contributed by atoms with van der Waals surface area (Å²) in [7, 11) is 3.69. The maximum absolute atomic E-state index is 12.0. The fourth-order valence-corrected chi connectivity index (χ4v) is 1.81. The topological polar surface area (TPSA) is 85.0 Å². The number of oxazole rings is 1.